The Balaban J connectivity index is 1.67. The van der Waals surface area contributed by atoms with Gasteiger partial charge in [0.05, 0.1) is 20.8 Å². The van der Waals surface area contributed by atoms with Crippen molar-refractivity contribution in [3.05, 3.63) is 65.7 Å². The van der Waals surface area contributed by atoms with Crippen molar-refractivity contribution < 1.29 is 19.1 Å². The Labute approximate surface area is 176 Å². The van der Waals surface area contributed by atoms with Crippen molar-refractivity contribution in [2.75, 3.05) is 38.8 Å². The summed E-state index contributed by atoms with van der Waals surface area (Å²) in [6.07, 6.45) is 2.32. The van der Waals surface area contributed by atoms with Crippen molar-refractivity contribution >= 4 is 17.5 Å². The second-order valence-corrected chi connectivity index (χ2v) is 6.98. The normalized spacial score (nSPS) is 13.4. The van der Waals surface area contributed by atoms with E-state index in [4.69, 9.17) is 9.47 Å². The first-order valence-corrected chi connectivity index (χ1v) is 9.80. The Bertz CT molecular complexity index is 925. The molecular weight excluding hydrogens is 382 g/mol. The van der Waals surface area contributed by atoms with E-state index in [0.717, 1.165) is 23.4 Å². The average Bonchev–Trinajstić information content (AvgIpc) is 2.77. The predicted octanol–water partition coefficient (Wildman–Crippen LogP) is 2.30. The van der Waals surface area contributed by atoms with Gasteiger partial charge >= 0.3 is 0 Å². The molecule has 0 atom stereocenters. The summed E-state index contributed by atoms with van der Waals surface area (Å²) in [5, 5.41) is 5.76. The minimum Gasteiger partial charge on any atom is -0.493 e. The van der Waals surface area contributed by atoms with Crippen molar-refractivity contribution in [2.45, 2.75) is 13.0 Å². The van der Waals surface area contributed by atoms with E-state index in [2.05, 4.69) is 17.2 Å². The standard InChI is InChI=1S/C23H27N3O4/c1-4-5-17-12-18(13-20(29-2)22(17)30-3)23(28)25-14-16-6-8-19(9-7-16)26-11-10-24-21(27)15-26/h4,6-9,12-13H,1,5,10-11,14-15H2,2-3H3,(H,24,27)(H,25,28). The zero-order valence-corrected chi connectivity index (χ0v) is 17.4. The van der Waals surface area contributed by atoms with Crippen LogP contribution in [0.2, 0.25) is 0 Å². The van der Waals surface area contributed by atoms with Gasteiger partial charge in [-0.1, -0.05) is 18.2 Å². The number of rotatable bonds is 8. The predicted molar refractivity (Wildman–Crippen MR) is 116 cm³/mol. The van der Waals surface area contributed by atoms with Crippen LogP contribution in [-0.2, 0) is 17.8 Å². The fourth-order valence-electron chi connectivity index (χ4n) is 3.45. The molecule has 2 aromatic rings. The molecule has 30 heavy (non-hydrogen) atoms. The molecule has 2 amide bonds. The summed E-state index contributed by atoms with van der Waals surface area (Å²) in [4.78, 5) is 26.3. The number of amides is 2. The van der Waals surface area contributed by atoms with Crippen LogP contribution in [0.25, 0.3) is 0 Å². The highest BCUT2D eigenvalue weighted by molar-refractivity contribution is 5.95. The molecule has 0 bridgehead atoms. The van der Waals surface area contributed by atoms with Crippen molar-refractivity contribution in [2.24, 2.45) is 0 Å². The first-order valence-electron chi connectivity index (χ1n) is 9.80. The van der Waals surface area contributed by atoms with Crippen LogP contribution >= 0.6 is 0 Å². The average molecular weight is 409 g/mol. The van der Waals surface area contributed by atoms with Crippen LogP contribution in [0.4, 0.5) is 5.69 Å². The Morgan fingerprint density at radius 1 is 1.23 bits per heavy atom. The number of anilines is 1. The van der Waals surface area contributed by atoms with Gasteiger partial charge in [-0.15, -0.1) is 6.58 Å². The maximum absolute atomic E-state index is 12.7. The van der Waals surface area contributed by atoms with E-state index in [1.807, 2.05) is 29.2 Å². The number of ether oxygens (including phenoxy) is 2. The third kappa shape index (κ3) is 4.92. The van der Waals surface area contributed by atoms with E-state index in [0.29, 0.717) is 43.1 Å². The van der Waals surface area contributed by atoms with E-state index in [9.17, 15) is 9.59 Å². The van der Waals surface area contributed by atoms with Gasteiger partial charge in [0, 0.05) is 36.4 Å². The summed E-state index contributed by atoms with van der Waals surface area (Å²) in [6, 6.07) is 11.3. The van der Waals surface area contributed by atoms with Gasteiger partial charge in [0.25, 0.3) is 5.91 Å². The Hall–Kier alpha value is -3.48. The number of carbonyl (C=O) groups excluding carboxylic acids is 2. The molecule has 7 nitrogen and oxygen atoms in total. The fourth-order valence-corrected chi connectivity index (χ4v) is 3.45. The summed E-state index contributed by atoms with van der Waals surface area (Å²) in [7, 11) is 3.12. The summed E-state index contributed by atoms with van der Waals surface area (Å²) < 4.78 is 10.8. The molecule has 158 valence electrons. The number of carbonyl (C=O) groups is 2. The Morgan fingerprint density at radius 2 is 2.00 bits per heavy atom. The summed E-state index contributed by atoms with van der Waals surface area (Å²) in [5.74, 6) is 0.953. The smallest absolute Gasteiger partial charge is 0.251 e. The second-order valence-electron chi connectivity index (χ2n) is 6.98. The van der Waals surface area contributed by atoms with Crippen LogP contribution in [0.3, 0.4) is 0 Å². The molecule has 1 saturated heterocycles. The van der Waals surface area contributed by atoms with Crippen LogP contribution in [0, 0.1) is 0 Å². The van der Waals surface area contributed by atoms with E-state index in [1.54, 1.807) is 32.4 Å². The highest BCUT2D eigenvalue weighted by Gasteiger charge is 2.17. The number of hydrogen-bond donors (Lipinski definition) is 2. The Morgan fingerprint density at radius 3 is 2.63 bits per heavy atom. The number of nitrogens with one attached hydrogen (secondary N) is 2. The zero-order valence-electron chi connectivity index (χ0n) is 17.4. The first kappa shape index (κ1) is 21.2. The van der Waals surface area contributed by atoms with Gasteiger partial charge in [-0.3, -0.25) is 9.59 Å². The monoisotopic (exact) mass is 409 g/mol. The molecule has 1 aliphatic heterocycles. The molecule has 0 aromatic heterocycles. The summed E-state index contributed by atoms with van der Waals surface area (Å²) >= 11 is 0. The molecule has 1 fully saturated rings. The molecule has 0 spiro atoms. The van der Waals surface area contributed by atoms with Gasteiger partial charge in [0.2, 0.25) is 5.91 Å². The van der Waals surface area contributed by atoms with Crippen molar-refractivity contribution in [3.8, 4) is 11.5 Å². The van der Waals surface area contributed by atoms with E-state index in [-0.39, 0.29) is 11.8 Å². The zero-order chi connectivity index (χ0) is 21.5. The SMILES string of the molecule is C=CCc1cc(C(=O)NCc2ccc(N3CCNC(=O)C3)cc2)cc(OC)c1OC. The van der Waals surface area contributed by atoms with Crippen LogP contribution in [0.15, 0.2) is 49.1 Å². The lowest BCUT2D eigenvalue weighted by Gasteiger charge is -2.28. The number of piperazine rings is 1. The van der Waals surface area contributed by atoms with Gasteiger partial charge in [0.1, 0.15) is 0 Å². The lowest BCUT2D eigenvalue weighted by atomic mass is 10.0. The first-order chi connectivity index (χ1) is 14.5. The van der Waals surface area contributed by atoms with E-state index >= 15 is 0 Å². The number of nitrogens with zero attached hydrogens (tertiary/aromatic N) is 1. The lowest BCUT2D eigenvalue weighted by Crippen LogP contribution is -2.47. The van der Waals surface area contributed by atoms with Crippen LogP contribution in [0.5, 0.6) is 11.5 Å². The second kappa shape index (κ2) is 9.82. The quantitative estimate of drug-likeness (QED) is 0.654. The summed E-state index contributed by atoms with van der Waals surface area (Å²) in [6.45, 7) is 5.95. The van der Waals surface area contributed by atoms with Crippen molar-refractivity contribution in [3.63, 3.8) is 0 Å². The molecular formula is C23H27N3O4. The topological polar surface area (TPSA) is 79.9 Å². The fraction of sp³-hybridized carbons (Fsp3) is 0.304. The highest BCUT2D eigenvalue weighted by Crippen LogP contribution is 2.33. The molecule has 1 heterocycles. The molecule has 0 aliphatic carbocycles. The Kier molecular flexibility index (Phi) is 6.95. The van der Waals surface area contributed by atoms with E-state index < -0.39 is 0 Å². The largest absolute Gasteiger partial charge is 0.493 e. The van der Waals surface area contributed by atoms with Gasteiger partial charge in [-0.25, -0.2) is 0 Å². The maximum atomic E-state index is 12.7. The minimum absolute atomic E-state index is 0.0309. The maximum Gasteiger partial charge on any atom is 0.251 e. The molecule has 1 aliphatic rings. The third-order valence-electron chi connectivity index (χ3n) is 4.98. The summed E-state index contributed by atoms with van der Waals surface area (Å²) in [5.41, 5.74) is 3.31. The highest BCUT2D eigenvalue weighted by atomic mass is 16.5. The van der Waals surface area contributed by atoms with Gasteiger partial charge in [-0.05, 0) is 36.2 Å². The molecule has 3 rings (SSSR count). The lowest BCUT2D eigenvalue weighted by molar-refractivity contribution is -0.120. The van der Waals surface area contributed by atoms with Crippen molar-refractivity contribution in [1.29, 1.82) is 0 Å². The number of benzene rings is 2. The molecule has 7 heteroatoms. The number of methoxy groups -OCH3 is 2. The number of allylic oxidation sites excluding steroid dienone is 1. The molecule has 0 radical (unpaired) electrons. The molecule has 0 unspecified atom stereocenters. The number of hydrogen-bond acceptors (Lipinski definition) is 5. The minimum atomic E-state index is -0.196. The van der Waals surface area contributed by atoms with Gasteiger partial charge in [0.15, 0.2) is 11.5 Å². The van der Waals surface area contributed by atoms with Gasteiger partial charge < -0.3 is 25.0 Å². The molecule has 0 saturated carbocycles. The van der Waals surface area contributed by atoms with Gasteiger partial charge in [-0.2, -0.15) is 0 Å². The van der Waals surface area contributed by atoms with Crippen LogP contribution < -0.4 is 25.0 Å². The molecule has 2 aromatic carbocycles. The van der Waals surface area contributed by atoms with Crippen molar-refractivity contribution in [1.82, 2.24) is 10.6 Å². The third-order valence-corrected chi connectivity index (χ3v) is 4.98. The van der Waals surface area contributed by atoms with Crippen LogP contribution in [0.1, 0.15) is 21.5 Å². The molecule has 2 N–H and O–H groups in total. The van der Waals surface area contributed by atoms with E-state index in [1.165, 1.54) is 0 Å². The van der Waals surface area contributed by atoms with Crippen LogP contribution in [-0.4, -0.2) is 45.7 Å².